The molecule has 1 heterocycles. The van der Waals surface area contributed by atoms with Crippen molar-refractivity contribution in [3.05, 3.63) is 0 Å². The van der Waals surface area contributed by atoms with Crippen LogP contribution in [0.25, 0.3) is 0 Å². The summed E-state index contributed by atoms with van der Waals surface area (Å²) in [5, 5.41) is 35.3. The van der Waals surface area contributed by atoms with Gasteiger partial charge in [-0.25, -0.2) is 0 Å². The Bertz CT molecular complexity index is 103. The summed E-state index contributed by atoms with van der Waals surface area (Å²) < 4.78 is 4.47. The molecule has 0 spiro atoms. The Morgan fingerprint density at radius 1 is 1.00 bits per heavy atom. The molecule has 0 aromatic carbocycles. The minimum atomic E-state index is -1.41. The van der Waals surface area contributed by atoms with Crippen molar-refractivity contribution in [3.8, 4) is 0 Å². The van der Waals surface area contributed by atoms with Crippen LogP contribution in [-0.4, -0.2) is 51.6 Å². The first-order valence-corrected chi connectivity index (χ1v) is 2.97. The lowest BCUT2D eigenvalue weighted by molar-refractivity contribution is -0.252. The highest BCUT2D eigenvalue weighted by Gasteiger charge is 2.36. The molecule has 0 aromatic heterocycles. The highest BCUT2D eigenvalue weighted by Crippen LogP contribution is 2.12. The maximum absolute atomic E-state index is 8.88. The van der Waals surface area contributed by atoms with E-state index in [-0.39, 0.29) is 6.61 Å². The highest BCUT2D eigenvalue weighted by atomic mass is 16.6. The van der Waals surface area contributed by atoms with Crippen molar-refractivity contribution in [2.75, 3.05) is 6.61 Å². The molecule has 0 bridgehead atoms. The van der Waals surface area contributed by atoms with E-state index < -0.39 is 24.6 Å². The zero-order valence-corrected chi connectivity index (χ0v) is 5.21. The lowest BCUT2D eigenvalue weighted by Crippen LogP contribution is -2.52. The predicted molar refractivity (Wildman–Crippen MR) is 30.0 cm³/mol. The molecule has 60 valence electrons. The molecular formula is C5H10O5. The lowest BCUT2D eigenvalue weighted by atomic mass is 10.1. The maximum Gasteiger partial charge on any atom is 0.183 e. The zero-order valence-electron chi connectivity index (χ0n) is 5.21. The van der Waals surface area contributed by atoms with Crippen molar-refractivity contribution in [2.24, 2.45) is 0 Å². The summed E-state index contributed by atoms with van der Waals surface area (Å²) >= 11 is 0. The number of ether oxygens (including phenoxy) is 1. The van der Waals surface area contributed by atoms with Crippen LogP contribution in [0.5, 0.6) is 0 Å². The minimum absolute atomic E-state index is 0.153. The summed E-state index contributed by atoms with van der Waals surface area (Å²) in [5.41, 5.74) is 0. The van der Waals surface area contributed by atoms with E-state index in [1.165, 1.54) is 0 Å². The Balaban J connectivity index is 2.52. The summed E-state index contributed by atoms with van der Waals surface area (Å²) in [5.74, 6) is 0. The minimum Gasteiger partial charge on any atom is -0.388 e. The van der Waals surface area contributed by atoms with Gasteiger partial charge in [0.15, 0.2) is 6.29 Å². The van der Waals surface area contributed by atoms with Gasteiger partial charge in [0.05, 0.1) is 6.61 Å². The van der Waals surface area contributed by atoms with Gasteiger partial charge < -0.3 is 25.2 Å². The third kappa shape index (κ3) is 1.28. The van der Waals surface area contributed by atoms with Crippen molar-refractivity contribution in [1.29, 1.82) is 0 Å². The topological polar surface area (TPSA) is 90.2 Å². The first-order valence-electron chi connectivity index (χ1n) is 2.97. The highest BCUT2D eigenvalue weighted by molar-refractivity contribution is 4.81. The summed E-state index contributed by atoms with van der Waals surface area (Å²) in [4.78, 5) is 0. The molecule has 1 aliphatic rings. The molecule has 0 radical (unpaired) electrons. The Morgan fingerprint density at radius 3 is 2.10 bits per heavy atom. The van der Waals surface area contributed by atoms with Gasteiger partial charge in [0.1, 0.15) is 18.3 Å². The number of rotatable bonds is 0. The van der Waals surface area contributed by atoms with Gasteiger partial charge in [-0.05, 0) is 0 Å². The van der Waals surface area contributed by atoms with Crippen molar-refractivity contribution in [2.45, 2.75) is 24.6 Å². The Hall–Kier alpha value is -0.200. The van der Waals surface area contributed by atoms with Crippen molar-refractivity contribution in [1.82, 2.24) is 0 Å². The van der Waals surface area contributed by atoms with Gasteiger partial charge in [0, 0.05) is 0 Å². The monoisotopic (exact) mass is 150 g/mol. The molecule has 4 atom stereocenters. The van der Waals surface area contributed by atoms with E-state index in [1.54, 1.807) is 0 Å². The smallest absolute Gasteiger partial charge is 0.183 e. The Labute approximate surface area is 57.5 Å². The normalized spacial score (nSPS) is 49.2. The zero-order chi connectivity index (χ0) is 7.72. The van der Waals surface area contributed by atoms with Gasteiger partial charge in [-0.2, -0.15) is 0 Å². The second kappa shape index (κ2) is 2.81. The summed E-state index contributed by atoms with van der Waals surface area (Å²) in [6.45, 7) is -0.153. The molecule has 0 aromatic rings. The van der Waals surface area contributed by atoms with Crippen LogP contribution >= 0.6 is 0 Å². The average Bonchev–Trinajstić information content (AvgIpc) is 1.93. The van der Waals surface area contributed by atoms with E-state index in [0.29, 0.717) is 0 Å². The van der Waals surface area contributed by atoms with E-state index in [2.05, 4.69) is 4.74 Å². The largest absolute Gasteiger partial charge is 0.388 e. The first kappa shape index (κ1) is 7.90. The molecule has 1 aliphatic heterocycles. The maximum atomic E-state index is 8.88. The first-order chi connectivity index (χ1) is 4.63. The molecule has 1 fully saturated rings. The lowest BCUT2D eigenvalue weighted by Gasteiger charge is -2.31. The van der Waals surface area contributed by atoms with Crippen molar-refractivity contribution < 1.29 is 25.2 Å². The fourth-order valence-electron chi connectivity index (χ4n) is 0.791. The fraction of sp³-hybridized carbons (Fsp3) is 1.00. The van der Waals surface area contributed by atoms with Gasteiger partial charge in [0.2, 0.25) is 0 Å². The standard InChI is InChI=1S/C5H10O5/c6-2-1-10-5(9)4(8)3(2)7/h2-9H,1H2/t2-,3+,4-,5+/m0/s1. The average molecular weight is 150 g/mol. The third-order valence-corrected chi connectivity index (χ3v) is 1.47. The molecule has 4 N–H and O–H groups in total. The number of aliphatic hydroxyl groups excluding tert-OH is 4. The summed E-state index contributed by atoms with van der Waals surface area (Å²) in [6.07, 6.45) is -5.23. The van der Waals surface area contributed by atoms with Gasteiger partial charge in [-0.3, -0.25) is 0 Å². The van der Waals surface area contributed by atoms with Crippen molar-refractivity contribution in [3.63, 3.8) is 0 Å². The van der Waals surface area contributed by atoms with Crippen LogP contribution in [0.2, 0.25) is 0 Å². The van der Waals surface area contributed by atoms with Gasteiger partial charge >= 0.3 is 0 Å². The van der Waals surface area contributed by atoms with Crippen LogP contribution in [0.1, 0.15) is 0 Å². The van der Waals surface area contributed by atoms with Crippen LogP contribution < -0.4 is 0 Å². The molecule has 5 heteroatoms. The Morgan fingerprint density at radius 2 is 1.60 bits per heavy atom. The Kier molecular flexibility index (Phi) is 2.22. The molecule has 10 heavy (non-hydrogen) atoms. The van der Waals surface area contributed by atoms with E-state index in [9.17, 15) is 0 Å². The molecule has 0 saturated carbocycles. The number of hydrogen-bond donors (Lipinski definition) is 4. The quantitative estimate of drug-likeness (QED) is 0.304. The van der Waals surface area contributed by atoms with Crippen molar-refractivity contribution >= 4 is 0 Å². The summed E-state index contributed by atoms with van der Waals surface area (Å²) in [7, 11) is 0. The van der Waals surface area contributed by atoms with E-state index >= 15 is 0 Å². The van der Waals surface area contributed by atoms with Crippen LogP contribution in [0.3, 0.4) is 0 Å². The fourth-order valence-corrected chi connectivity index (χ4v) is 0.791. The molecule has 1 saturated heterocycles. The third-order valence-electron chi connectivity index (χ3n) is 1.47. The van der Waals surface area contributed by atoms with Gasteiger partial charge in [-0.1, -0.05) is 0 Å². The molecule has 0 unspecified atom stereocenters. The van der Waals surface area contributed by atoms with Gasteiger partial charge in [0.25, 0.3) is 0 Å². The number of aliphatic hydroxyl groups is 4. The van der Waals surface area contributed by atoms with E-state index in [1.807, 2.05) is 0 Å². The molecule has 1 rings (SSSR count). The predicted octanol–water partition coefficient (Wildman–Crippen LogP) is -2.58. The second-order valence-corrected chi connectivity index (χ2v) is 2.27. The molecule has 5 nitrogen and oxygen atoms in total. The summed E-state index contributed by atoms with van der Waals surface area (Å²) in [6, 6.07) is 0. The SMILES string of the molecule is O[C@H]1[C@H](O)[C@@H](O)CO[C@H]1O. The molecule has 0 amide bonds. The van der Waals surface area contributed by atoms with E-state index in [4.69, 9.17) is 20.4 Å². The van der Waals surface area contributed by atoms with Crippen LogP contribution in [-0.2, 0) is 4.74 Å². The number of hydrogen-bond acceptors (Lipinski definition) is 5. The van der Waals surface area contributed by atoms with Crippen LogP contribution in [0.15, 0.2) is 0 Å². The molecular weight excluding hydrogens is 140 g/mol. The van der Waals surface area contributed by atoms with E-state index in [0.717, 1.165) is 0 Å². The second-order valence-electron chi connectivity index (χ2n) is 2.27. The van der Waals surface area contributed by atoms with Gasteiger partial charge in [-0.15, -0.1) is 0 Å². The van der Waals surface area contributed by atoms with Crippen LogP contribution in [0.4, 0.5) is 0 Å². The molecule has 0 aliphatic carbocycles. The van der Waals surface area contributed by atoms with Crippen LogP contribution in [0, 0.1) is 0 Å².